The Balaban J connectivity index is 2.28. The van der Waals surface area contributed by atoms with Gasteiger partial charge in [-0.05, 0) is 12.1 Å². The predicted octanol–water partition coefficient (Wildman–Crippen LogP) is 1.50. The van der Waals surface area contributed by atoms with E-state index in [1.165, 1.54) is 11.3 Å². The van der Waals surface area contributed by atoms with E-state index in [4.69, 9.17) is 26.4 Å². The van der Waals surface area contributed by atoms with E-state index in [9.17, 15) is 0 Å². The van der Waals surface area contributed by atoms with Crippen LogP contribution in [-0.2, 0) is 0 Å². The van der Waals surface area contributed by atoms with Crippen LogP contribution in [0.3, 0.4) is 0 Å². The molecule has 2 aromatic rings. The molecular formula is C13H13N5O2S. The van der Waals surface area contributed by atoms with Gasteiger partial charge in [0.15, 0.2) is 11.0 Å². The van der Waals surface area contributed by atoms with Gasteiger partial charge in [-0.25, -0.2) is 9.98 Å². The summed E-state index contributed by atoms with van der Waals surface area (Å²) in [6.45, 7) is 0. The lowest BCUT2D eigenvalue weighted by molar-refractivity contribution is 0.402. The van der Waals surface area contributed by atoms with Gasteiger partial charge < -0.3 is 20.9 Å². The minimum absolute atomic E-state index is 0.0992. The molecule has 8 heteroatoms. The molecule has 1 aromatic carbocycles. The van der Waals surface area contributed by atoms with E-state index in [-0.39, 0.29) is 5.84 Å². The minimum atomic E-state index is 0.0992. The first-order valence-electron chi connectivity index (χ1n) is 6.02. The van der Waals surface area contributed by atoms with Gasteiger partial charge >= 0.3 is 0 Å². The number of nitrogens with one attached hydrogen (secondary N) is 1. The van der Waals surface area contributed by atoms with E-state index in [0.717, 1.165) is 0 Å². The van der Waals surface area contributed by atoms with Crippen molar-refractivity contribution in [3.05, 3.63) is 28.1 Å². The Morgan fingerprint density at radius 2 is 1.71 bits per heavy atom. The van der Waals surface area contributed by atoms with Crippen LogP contribution in [0.5, 0.6) is 11.5 Å². The number of thiazole rings is 1. The van der Waals surface area contributed by atoms with E-state index < -0.39 is 0 Å². The number of rotatable bonds is 3. The number of hydrogen-bond donors (Lipinski definition) is 3. The number of nitrogens with zero attached hydrogens (tertiary/aromatic N) is 2. The second kappa shape index (κ2) is 4.74. The molecule has 0 fully saturated rings. The summed E-state index contributed by atoms with van der Waals surface area (Å²) < 4.78 is 10.7. The van der Waals surface area contributed by atoms with Gasteiger partial charge in [0, 0.05) is 0 Å². The summed E-state index contributed by atoms with van der Waals surface area (Å²) in [7, 11) is 3.11. The summed E-state index contributed by atoms with van der Waals surface area (Å²) in [5.41, 5.74) is 13.4. The van der Waals surface area contributed by atoms with Crippen LogP contribution in [0.2, 0.25) is 0 Å². The summed E-state index contributed by atoms with van der Waals surface area (Å²) in [4.78, 5) is 8.92. The normalized spacial score (nSPS) is 13.0. The van der Waals surface area contributed by atoms with Crippen molar-refractivity contribution in [3.8, 4) is 11.5 Å². The fourth-order valence-corrected chi connectivity index (χ4v) is 3.03. The Bertz CT molecular complexity index is 781. The molecule has 108 valence electrons. The molecule has 0 aliphatic carbocycles. The number of hydrogen-bond acceptors (Lipinski definition) is 7. The fourth-order valence-electron chi connectivity index (χ4n) is 2.28. The van der Waals surface area contributed by atoms with Crippen LogP contribution in [0.4, 0.5) is 10.9 Å². The van der Waals surface area contributed by atoms with Crippen LogP contribution in [0, 0.1) is 5.41 Å². The molecular weight excluding hydrogens is 290 g/mol. The van der Waals surface area contributed by atoms with Gasteiger partial charge in [0.2, 0.25) is 0 Å². The highest BCUT2D eigenvalue weighted by Gasteiger charge is 2.31. The number of fused-ring (bicyclic) bond motifs is 1. The lowest BCUT2D eigenvalue weighted by Crippen LogP contribution is -2.06. The summed E-state index contributed by atoms with van der Waals surface area (Å²) in [6.07, 6.45) is 0. The zero-order valence-corrected chi connectivity index (χ0v) is 12.2. The molecule has 3 rings (SSSR count). The molecule has 0 amide bonds. The first kappa shape index (κ1) is 13.4. The van der Waals surface area contributed by atoms with Crippen molar-refractivity contribution >= 4 is 33.8 Å². The van der Waals surface area contributed by atoms with E-state index >= 15 is 0 Å². The Morgan fingerprint density at radius 3 is 2.24 bits per heavy atom. The molecule has 5 N–H and O–H groups in total. The van der Waals surface area contributed by atoms with Gasteiger partial charge in [-0.15, -0.1) is 0 Å². The molecule has 1 aliphatic rings. The lowest BCUT2D eigenvalue weighted by atomic mass is 10.0. The Kier molecular flexibility index (Phi) is 3.02. The SMILES string of the molecule is COc1ccc(OC)c2c1C(=N)N=C2c1sc(N)nc1N. The number of methoxy groups -OCH3 is 2. The maximum atomic E-state index is 8.09. The van der Waals surface area contributed by atoms with E-state index in [0.29, 0.717) is 44.2 Å². The smallest absolute Gasteiger partial charge is 0.182 e. The average molecular weight is 303 g/mol. The number of benzene rings is 1. The molecule has 1 aliphatic heterocycles. The van der Waals surface area contributed by atoms with Crippen LogP contribution in [-0.4, -0.2) is 30.8 Å². The quantitative estimate of drug-likeness (QED) is 0.793. The van der Waals surface area contributed by atoms with Crippen molar-refractivity contribution in [1.29, 1.82) is 5.41 Å². The topological polar surface area (TPSA) is 120 Å². The molecule has 1 aromatic heterocycles. The third-order valence-corrected chi connectivity index (χ3v) is 4.06. The maximum Gasteiger partial charge on any atom is 0.182 e. The van der Waals surface area contributed by atoms with Crippen molar-refractivity contribution in [2.24, 2.45) is 4.99 Å². The van der Waals surface area contributed by atoms with Crippen LogP contribution in [0.15, 0.2) is 17.1 Å². The number of nitrogens with two attached hydrogens (primary N) is 2. The van der Waals surface area contributed by atoms with Gasteiger partial charge in [0.1, 0.15) is 17.3 Å². The van der Waals surface area contributed by atoms with Crippen molar-refractivity contribution < 1.29 is 9.47 Å². The first-order valence-corrected chi connectivity index (χ1v) is 6.83. The molecule has 0 atom stereocenters. The molecule has 0 radical (unpaired) electrons. The number of aromatic nitrogens is 1. The van der Waals surface area contributed by atoms with Crippen LogP contribution in [0.1, 0.15) is 16.0 Å². The third kappa shape index (κ3) is 1.91. The number of nitrogen functional groups attached to an aromatic ring is 2. The Labute approximate surface area is 124 Å². The molecule has 0 saturated heterocycles. The summed E-state index contributed by atoms with van der Waals surface area (Å²) in [5.74, 6) is 1.55. The summed E-state index contributed by atoms with van der Waals surface area (Å²) in [6, 6.07) is 3.52. The largest absolute Gasteiger partial charge is 0.496 e. The first-order chi connectivity index (χ1) is 10.1. The summed E-state index contributed by atoms with van der Waals surface area (Å²) in [5, 5.41) is 8.45. The summed E-state index contributed by atoms with van der Waals surface area (Å²) >= 11 is 1.23. The van der Waals surface area contributed by atoms with E-state index in [1.807, 2.05) is 0 Å². The maximum absolute atomic E-state index is 8.09. The van der Waals surface area contributed by atoms with Gasteiger partial charge in [0.05, 0.1) is 35.9 Å². The van der Waals surface area contributed by atoms with Crippen LogP contribution in [0.25, 0.3) is 0 Å². The van der Waals surface area contributed by atoms with Gasteiger partial charge in [-0.2, -0.15) is 0 Å². The molecule has 7 nitrogen and oxygen atoms in total. The van der Waals surface area contributed by atoms with E-state index in [1.54, 1.807) is 26.4 Å². The number of ether oxygens (including phenoxy) is 2. The van der Waals surface area contributed by atoms with Gasteiger partial charge in [-0.1, -0.05) is 11.3 Å². The second-order valence-electron chi connectivity index (χ2n) is 4.30. The molecule has 21 heavy (non-hydrogen) atoms. The lowest BCUT2D eigenvalue weighted by Gasteiger charge is -2.11. The van der Waals surface area contributed by atoms with Crippen molar-refractivity contribution in [1.82, 2.24) is 4.98 Å². The molecule has 0 saturated carbocycles. The van der Waals surface area contributed by atoms with E-state index in [2.05, 4.69) is 9.98 Å². The zero-order valence-electron chi connectivity index (χ0n) is 11.4. The molecule has 2 heterocycles. The Hall–Kier alpha value is -2.61. The molecule has 0 spiro atoms. The van der Waals surface area contributed by atoms with Crippen molar-refractivity contribution in [2.75, 3.05) is 25.7 Å². The fraction of sp³-hybridized carbons (Fsp3) is 0.154. The highest BCUT2D eigenvalue weighted by atomic mass is 32.1. The van der Waals surface area contributed by atoms with Crippen LogP contribution >= 0.6 is 11.3 Å². The number of amidine groups is 1. The Morgan fingerprint density at radius 1 is 1.10 bits per heavy atom. The standard InChI is InChI=1S/C13H13N5O2S/c1-19-5-3-4-6(20-2)8-7(5)9(17-11(8)14)10-12(15)18-13(16)21-10/h3-4,14H,15H2,1-2H3,(H2,16,18). The minimum Gasteiger partial charge on any atom is -0.496 e. The highest BCUT2D eigenvalue weighted by Crippen LogP contribution is 2.39. The monoisotopic (exact) mass is 303 g/mol. The average Bonchev–Trinajstić information content (AvgIpc) is 2.98. The molecule has 0 bridgehead atoms. The van der Waals surface area contributed by atoms with Crippen molar-refractivity contribution in [3.63, 3.8) is 0 Å². The molecule has 0 unspecified atom stereocenters. The number of aliphatic imine (C=N–C) groups is 1. The van der Waals surface area contributed by atoms with Gasteiger partial charge in [-0.3, -0.25) is 5.41 Å². The highest BCUT2D eigenvalue weighted by molar-refractivity contribution is 7.18. The zero-order chi connectivity index (χ0) is 15.1. The van der Waals surface area contributed by atoms with Crippen LogP contribution < -0.4 is 20.9 Å². The third-order valence-electron chi connectivity index (χ3n) is 3.15. The van der Waals surface area contributed by atoms with Crippen molar-refractivity contribution in [2.45, 2.75) is 0 Å². The predicted molar refractivity (Wildman–Crippen MR) is 83.0 cm³/mol. The van der Waals surface area contributed by atoms with Gasteiger partial charge in [0.25, 0.3) is 0 Å². The number of anilines is 2. The second-order valence-corrected chi connectivity index (χ2v) is 5.33.